The van der Waals surface area contributed by atoms with Gasteiger partial charge in [-0.05, 0) is 68.8 Å². The first-order chi connectivity index (χ1) is 14.3. The van der Waals surface area contributed by atoms with Crippen molar-refractivity contribution in [1.82, 2.24) is 0 Å². The summed E-state index contributed by atoms with van der Waals surface area (Å²) in [6.45, 7) is 5.61. The van der Waals surface area contributed by atoms with E-state index in [0.29, 0.717) is 22.0 Å². The second-order valence-electron chi connectivity index (χ2n) is 7.03. The SMILES string of the molecule is Cc1ccc(NC(=O)c2ccc(O[C@H](C)C(=O)Nc3ccccc3Cl)cc2)c(C)c1. The summed E-state index contributed by atoms with van der Waals surface area (Å²) in [5, 5.41) is 6.10. The van der Waals surface area contributed by atoms with Gasteiger partial charge in [0.2, 0.25) is 0 Å². The Hall–Kier alpha value is -3.31. The Morgan fingerprint density at radius 1 is 0.900 bits per heavy atom. The van der Waals surface area contributed by atoms with Crippen LogP contribution in [0.15, 0.2) is 66.7 Å². The fraction of sp³-hybridized carbons (Fsp3) is 0.167. The molecule has 154 valence electrons. The third-order valence-corrected chi connectivity index (χ3v) is 4.89. The molecule has 3 aromatic rings. The predicted molar refractivity (Wildman–Crippen MR) is 120 cm³/mol. The summed E-state index contributed by atoms with van der Waals surface area (Å²) < 4.78 is 5.69. The van der Waals surface area contributed by atoms with Crippen molar-refractivity contribution >= 4 is 34.8 Å². The maximum Gasteiger partial charge on any atom is 0.265 e. The Bertz CT molecular complexity index is 1060. The minimum Gasteiger partial charge on any atom is -0.481 e. The molecular formula is C24H23ClN2O3. The minimum atomic E-state index is -0.740. The Morgan fingerprint density at radius 3 is 2.27 bits per heavy atom. The molecule has 3 rings (SSSR count). The van der Waals surface area contributed by atoms with E-state index in [2.05, 4.69) is 10.6 Å². The van der Waals surface area contributed by atoms with Gasteiger partial charge in [-0.25, -0.2) is 0 Å². The van der Waals surface area contributed by atoms with Crippen molar-refractivity contribution in [1.29, 1.82) is 0 Å². The molecule has 0 bridgehead atoms. The number of amides is 2. The number of aryl methyl sites for hydroxylation is 2. The highest BCUT2D eigenvalue weighted by Crippen LogP contribution is 2.22. The molecule has 0 saturated heterocycles. The predicted octanol–water partition coefficient (Wildman–Crippen LogP) is 5.62. The molecular weight excluding hydrogens is 400 g/mol. The fourth-order valence-electron chi connectivity index (χ4n) is 2.89. The first-order valence-corrected chi connectivity index (χ1v) is 9.92. The van der Waals surface area contributed by atoms with E-state index >= 15 is 0 Å². The van der Waals surface area contributed by atoms with Crippen LogP contribution in [-0.2, 0) is 4.79 Å². The maximum absolute atomic E-state index is 12.5. The monoisotopic (exact) mass is 422 g/mol. The summed E-state index contributed by atoms with van der Waals surface area (Å²) in [7, 11) is 0. The van der Waals surface area contributed by atoms with E-state index < -0.39 is 6.10 Å². The molecule has 5 nitrogen and oxygen atoms in total. The number of para-hydroxylation sites is 1. The Labute approximate surface area is 181 Å². The average molecular weight is 423 g/mol. The molecule has 0 spiro atoms. The van der Waals surface area contributed by atoms with Crippen LogP contribution in [0.2, 0.25) is 5.02 Å². The van der Waals surface area contributed by atoms with Gasteiger partial charge in [0.25, 0.3) is 11.8 Å². The molecule has 0 aliphatic heterocycles. The molecule has 3 aromatic carbocycles. The van der Waals surface area contributed by atoms with Gasteiger partial charge in [-0.2, -0.15) is 0 Å². The Morgan fingerprint density at radius 2 is 1.60 bits per heavy atom. The standard InChI is InChI=1S/C24H23ClN2O3/c1-15-8-13-21(16(2)14-15)26-24(29)18-9-11-19(12-10-18)30-17(3)23(28)27-22-7-5-4-6-20(22)25/h4-14,17H,1-3H3,(H,26,29)(H,27,28)/t17-/m1/s1. The van der Waals surface area contributed by atoms with Gasteiger partial charge in [0.05, 0.1) is 10.7 Å². The van der Waals surface area contributed by atoms with E-state index in [1.165, 1.54) is 0 Å². The number of halogens is 1. The number of hydrogen-bond acceptors (Lipinski definition) is 3. The third-order valence-electron chi connectivity index (χ3n) is 4.56. The fourth-order valence-corrected chi connectivity index (χ4v) is 3.07. The van der Waals surface area contributed by atoms with Gasteiger partial charge in [0.15, 0.2) is 6.10 Å². The van der Waals surface area contributed by atoms with Crippen LogP contribution in [0.5, 0.6) is 5.75 Å². The van der Waals surface area contributed by atoms with E-state index in [1.54, 1.807) is 55.5 Å². The maximum atomic E-state index is 12.5. The van der Waals surface area contributed by atoms with Crippen LogP contribution >= 0.6 is 11.6 Å². The summed E-state index contributed by atoms with van der Waals surface area (Å²) in [5.41, 5.74) is 3.94. The molecule has 0 saturated carbocycles. The van der Waals surface area contributed by atoms with Crippen molar-refractivity contribution in [3.8, 4) is 5.75 Å². The second kappa shape index (κ2) is 9.46. The summed E-state index contributed by atoms with van der Waals surface area (Å²) in [4.78, 5) is 24.8. The number of rotatable bonds is 6. The van der Waals surface area contributed by atoms with E-state index in [4.69, 9.17) is 16.3 Å². The van der Waals surface area contributed by atoms with Gasteiger partial charge >= 0.3 is 0 Å². The van der Waals surface area contributed by atoms with Gasteiger partial charge < -0.3 is 15.4 Å². The Balaban J connectivity index is 1.60. The topological polar surface area (TPSA) is 67.4 Å². The summed E-state index contributed by atoms with van der Waals surface area (Å²) in [6.07, 6.45) is -0.740. The third kappa shape index (κ3) is 5.39. The number of carbonyl (C=O) groups is 2. The molecule has 0 fully saturated rings. The van der Waals surface area contributed by atoms with Crippen molar-refractivity contribution in [3.63, 3.8) is 0 Å². The van der Waals surface area contributed by atoms with Crippen LogP contribution in [0.4, 0.5) is 11.4 Å². The first kappa shape index (κ1) is 21.4. The number of hydrogen-bond donors (Lipinski definition) is 2. The largest absolute Gasteiger partial charge is 0.481 e. The van der Waals surface area contributed by atoms with Gasteiger partial charge in [0, 0.05) is 11.3 Å². The molecule has 2 N–H and O–H groups in total. The van der Waals surface area contributed by atoms with Crippen LogP contribution in [0.1, 0.15) is 28.4 Å². The number of carbonyl (C=O) groups excluding carboxylic acids is 2. The summed E-state index contributed by atoms with van der Waals surface area (Å²) in [5.74, 6) is -0.0438. The number of anilines is 2. The van der Waals surface area contributed by atoms with Gasteiger partial charge in [-0.1, -0.05) is 41.4 Å². The lowest BCUT2D eigenvalue weighted by atomic mass is 10.1. The van der Waals surface area contributed by atoms with Crippen molar-refractivity contribution in [2.45, 2.75) is 26.9 Å². The lowest BCUT2D eigenvalue weighted by Gasteiger charge is -2.15. The van der Waals surface area contributed by atoms with Gasteiger partial charge in [-0.3, -0.25) is 9.59 Å². The highest BCUT2D eigenvalue weighted by atomic mass is 35.5. The molecule has 0 aliphatic rings. The molecule has 0 aliphatic carbocycles. The normalized spacial score (nSPS) is 11.5. The zero-order chi connectivity index (χ0) is 21.7. The molecule has 1 atom stereocenters. The van der Waals surface area contributed by atoms with Crippen LogP contribution in [0.3, 0.4) is 0 Å². The zero-order valence-electron chi connectivity index (χ0n) is 17.0. The highest BCUT2D eigenvalue weighted by molar-refractivity contribution is 6.33. The molecule has 0 unspecified atom stereocenters. The van der Waals surface area contributed by atoms with Crippen LogP contribution < -0.4 is 15.4 Å². The van der Waals surface area contributed by atoms with Crippen LogP contribution in [-0.4, -0.2) is 17.9 Å². The smallest absolute Gasteiger partial charge is 0.265 e. The summed E-state index contributed by atoms with van der Waals surface area (Å²) in [6, 6.07) is 19.5. The molecule has 6 heteroatoms. The lowest BCUT2D eigenvalue weighted by molar-refractivity contribution is -0.122. The Kier molecular flexibility index (Phi) is 6.75. The molecule has 0 heterocycles. The van der Waals surface area contributed by atoms with Crippen molar-refractivity contribution in [3.05, 3.63) is 88.4 Å². The first-order valence-electron chi connectivity index (χ1n) is 9.54. The van der Waals surface area contributed by atoms with Crippen LogP contribution in [0.25, 0.3) is 0 Å². The molecule has 0 aromatic heterocycles. The summed E-state index contributed by atoms with van der Waals surface area (Å²) >= 11 is 6.06. The van der Waals surface area contributed by atoms with E-state index in [1.807, 2.05) is 32.0 Å². The average Bonchev–Trinajstić information content (AvgIpc) is 2.72. The van der Waals surface area contributed by atoms with Crippen LogP contribution in [0, 0.1) is 13.8 Å². The number of nitrogens with one attached hydrogen (secondary N) is 2. The van der Waals surface area contributed by atoms with E-state index in [9.17, 15) is 9.59 Å². The zero-order valence-corrected chi connectivity index (χ0v) is 17.8. The number of ether oxygens (including phenoxy) is 1. The van der Waals surface area contributed by atoms with Crippen molar-refractivity contribution in [2.24, 2.45) is 0 Å². The molecule has 0 radical (unpaired) electrons. The van der Waals surface area contributed by atoms with Crippen molar-refractivity contribution < 1.29 is 14.3 Å². The minimum absolute atomic E-state index is 0.210. The quantitative estimate of drug-likeness (QED) is 0.542. The number of benzene rings is 3. The second-order valence-corrected chi connectivity index (χ2v) is 7.43. The van der Waals surface area contributed by atoms with E-state index in [-0.39, 0.29) is 11.8 Å². The molecule has 2 amide bonds. The van der Waals surface area contributed by atoms with Gasteiger partial charge in [0.1, 0.15) is 5.75 Å². The lowest BCUT2D eigenvalue weighted by Crippen LogP contribution is -2.30. The highest BCUT2D eigenvalue weighted by Gasteiger charge is 2.16. The van der Waals surface area contributed by atoms with E-state index in [0.717, 1.165) is 16.8 Å². The molecule has 30 heavy (non-hydrogen) atoms. The van der Waals surface area contributed by atoms with Gasteiger partial charge in [-0.15, -0.1) is 0 Å². The van der Waals surface area contributed by atoms with Crippen molar-refractivity contribution in [2.75, 3.05) is 10.6 Å².